The van der Waals surface area contributed by atoms with Gasteiger partial charge in [0.05, 0.1) is 18.2 Å². The van der Waals surface area contributed by atoms with Crippen LogP contribution in [0.5, 0.6) is 0 Å². The summed E-state index contributed by atoms with van der Waals surface area (Å²) in [4.78, 5) is 14.3. The molecule has 2 fully saturated rings. The second kappa shape index (κ2) is 7.17. The molecule has 2 heterocycles. The average molecular weight is 336 g/mol. The van der Waals surface area contributed by atoms with Gasteiger partial charge in [-0.2, -0.15) is 0 Å². The highest BCUT2D eigenvalue weighted by molar-refractivity contribution is 5.92. The third-order valence-electron chi connectivity index (χ3n) is 5.10. The van der Waals surface area contributed by atoms with Crippen LogP contribution in [0.3, 0.4) is 0 Å². The van der Waals surface area contributed by atoms with Crippen LogP contribution in [-0.4, -0.2) is 55.9 Å². The molecule has 1 amide bonds. The molecule has 0 aliphatic carbocycles. The first-order valence-electron chi connectivity index (χ1n) is 8.47. The lowest BCUT2D eigenvalue weighted by Crippen LogP contribution is -2.57. The number of benzene rings is 1. The quantitative estimate of drug-likeness (QED) is 0.917. The van der Waals surface area contributed by atoms with Crippen molar-refractivity contribution >= 4 is 11.6 Å². The zero-order chi connectivity index (χ0) is 17.2. The Morgan fingerprint density at radius 3 is 3.00 bits per heavy atom. The second-order valence-electron chi connectivity index (χ2n) is 6.74. The van der Waals surface area contributed by atoms with Crippen molar-refractivity contribution in [2.45, 2.75) is 37.9 Å². The summed E-state index contributed by atoms with van der Waals surface area (Å²) in [5, 5.41) is 2.76. The number of likely N-dealkylation sites (tertiary alicyclic amines) is 1. The summed E-state index contributed by atoms with van der Waals surface area (Å²) in [5.74, 6) is -0.457. The molecule has 1 aromatic rings. The Hall–Kier alpha value is -1.50. The lowest BCUT2D eigenvalue weighted by Gasteiger charge is -2.44. The fourth-order valence-electron chi connectivity index (χ4n) is 3.68. The fourth-order valence-corrected chi connectivity index (χ4v) is 3.68. The summed E-state index contributed by atoms with van der Waals surface area (Å²) in [7, 11) is 1.70. The first kappa shape index (κ1) is 17.3. The van der Waals surface area contributed by atoms with Crippen LogP contribution in [0.2, 0.25) is 0 Å². The Labute approximate surface area is 142 Å². The van der Waals surface area contributed by atoms with Crippen molar-refractivity contribution in [3.8, 4) is 0 Å². The standard InChI is InChI=1S/C18H25FN2O3/c1-13-4-5-14(10-15(13)19)20-17(22)12-21-8-7-18(6-3-9-24-18)16(11-21)23-2/h4-5,10,16H,3,6-9,11-12H2,1-2H3,(H,20,22). The maximum Gasteiger partial charge on any atom is 0.238 e. The van der Waals surface area contributed by atoms with Gasteiger partial charge in [-0.25, -0.2) is 4.39 Å². The average Bonchev–Trinajstić information content (AvgIpc) is 3.02. The molecule has 2 atom stereocenters. The van der Waals surface area contributed by atoms with Crippen molar-refractivity contribution in [3.05, 3.63) is 29.6 Å². The zero-order valence-corrected chi connectivity index (χ0v) is 14.3. The van der Waals surface area contributed by atoms with Gasteiger partial charge in [-0.3, -0.25) is 9.69 Å². The van der Waals surface area contributed by atoms with Crippen LogP contribution < -0.4 is 5.32 Å². The summed E-state index contributed by atoms with van der Waals surface area (Å²) >= 11 is 0. The summed E-state index contributed by atoms with van der Waals surface area (Å²) < 4.78 is 25.2. The zero-order valence-electron chi connectivity index (χ0n) is 14.3. The number of rotatable bonds is 4. The van der Waals surface area contributed by atoms with E-state index in [0.717, 1.165) is 32.4 Å². The number of aryl methyl sites for hydroxylation is 1. The largest absolute Gasteiger partial charge is 0.377 e. The monoisotopic (exact) mass is 336 g/mol. The Kier molecular flexibility index (Phi) is 5.18. The molecular weight excluding hydrogens is 311 g/mol. The lowest BCUT2D eigenvalue weighted by molar-refractivity contribution is -0.145. The molecule has 2 saturated heterocycles. The van der Waals surface area contributed by atoms with E-state index in [1.807, 2.05) is 0 Å². The second-order valence-corrected chi connectivity index (χ2v) is 6.74. The SMILES string of the molecule is COC1CN(CC(=O)Nc2ccc(C)c(F)c2)CCC12CCCO2. The van der Waals surface area contributed by atoms with Crippen molar-refractivity contribution in [2.75, 3.05) is 38.7 Å². The number of hydrogen-bond acceptors (Lipinski definition) is 4. The molecular formula is C18H25FN2O3. The van der Waals surface area contributed by atoms with Gasteiger partial charge < -0.3 is 14.8 Å². The van der Waals surface area contributed by atoms with Gasteiger partial charge in [0, 0.05) is 32.5 Å². The van der Waals surface area contributed by atoms with Gasteiger partial charge in [0.2, 0.25) is 5.91 Å². The molecule has 2 unspecified atom stereocenters. The number of nitrogens with one attached hydrogen (secondary N) is 1. The predicted molar refractivity (Wildman–Crippen MR) is 89.5 cm³/mol. The number of carbonyl (C=O) groups excluding carboxylic acids is 1. The van der Waals surface area contributed by atoms with E-state index in [1.165, 1.54) is 6.07 Å². The molecule has 2 aliphatic rings. The summed E-state index contributed by atoms with van der Waals surface area (Å²) in [6.07, 6.45) is 2.95. The van der Waals surface area contributed by atoms with Crippen molar-refractivity contribution in [1.82, 2.24) is 4.90 Å². The number of nitrogens with zero attached hydrogens (tertiary/aromatic N) is 1. The van der Waals surface area contributed by atoms with Crippen LogP contribution in [0.1, 0.15) is 24.8 Å². The number of halogens is 1. The van der Waals surface area contributed by atoms with Crippen molar-refractivity contribution < 1.29 is 18.7 Å². The Bertz CT molecular complexity index is 602. The van der Waals surface area contributed by atoms with E-state index in [-0.39, 0.29) is 30.0 Å². The number of anilines is 1. The Morgan fingerprint density at radius 2 is 2.33 bits per heavy atom. The third-order valence-corrected chi connectivity index (χ3v) is 5.10. The minimum absolute atomic E-state index is 0.0154. The van der Waals surface area contributed by atoms with Gasteiger partial charge in [0.1, 0.15) is 5.82 Å². The molecule has 0 saturated carbocycles. The van der Waals surface area contributed by atoms with E-state index in [0.29, 0.717) is 17.8 Å². The number of hydrogen-bond donors (Lipinski definition) is 1. The van der Waals surface area contributed by atoms with Crippen LogP contribution in [0.15, 0.2) is 18.2 Å². The first-order valence-corrected chi connectivity index (χ1v) is 8.47. The van der Waals surface area contributed by atoms with E-state index >= 15 is 0 Å². The molecule has 0 aromatic heterocycles. The van der Waals surface area contributed by atoms with Gasteiger partial charge >= 0.3 is 0 Å². The predicted octanol–water partition coefficient (Wildman–Crippen LogP) is 2.34. The maximum atomic E-state index is 13.6. The first-order chi connectivity index (χ1) is 11.5. The van der Waals surface area contributed by atoms with Gasteiger partial charge in [-0.15, -0.1) is 0 Å². The smallest absolute Gasteiger partial charge is 0.238 e. The van der Waals surface area contributed by atoms with E-state index in [4.69, 9.17) is 9.47 Å². The molecule has 0 radical (unpaired) electrons. The number of piperidine rings is 1. The topological polar surface area (TPSA) is 50.8 Å². The van der Waals surface area contributed by atoms with Gasteiger partial charge in [0.25, 0.3) is 0 Å². The fraction of sp³-hybridized carbons (Fsp3) is 0.611. The van der Waals surface area contributed by atoms with E-state index < -0.39 is 0 Å². The molecule has 1 aromatic carbocycles. The molecule has 132 valence electrons. The van der Waals surface area contributed by atoms with Gasteiger partial charge in [-0.1, -0.05) is 6.07 Å². The molecule has 6 heteroatoms. The number of ether oxygens (including phenoxy) is 2. The number of methoxy groups -OCH3 is 1. The molecule has 24 heavy (non-hydrogen) atoms. The molecule has 0 bridgehead atoms. The maximum absolute atomic E-state index is 13.6. The van der Waals surface area contributed by atoms with Crippen LogP contribution in [0.4, 0.5) is 10.1 Å². The van der Waals surface area contributed by atoms with Gasteiger partial charge in [-0.05, 0) is 43.9 Å². The molecule has 5 nitrogen and oxygen atoms in total. The van der Waals surface area contributed by atoms with Gasteiger partial charge in [0.15, 0.2) is 0 Å². The Balaban J connectivity index is 1.56. The van der Waals surface area contributed by atoms with E-state index in [2.05, 4.69) is 10.2 Å². The minimum Gasteiger partial charge on any atom is -0.377 e. The highest BCUT2D eigenvalue weighted by Gasteiger charge is 2.46. The summed E-state index contributed by atoms with van der Waals surface area (Å²) in [6, 6.07) is 4.72. The van der Waals surface area contributed by atoms with Crippen LogP contribution in [-0.2, 0) is 14.3 Å². The normalized spacial score (nSPS) is 27.5. The highest BCUT2D eigenvalue weighted by atomic mass is 19.1. The van der Waals surface area contributed by atoms with Crippen molar-refractivity contribution in [2.24, 2.45) is 0 Å². The molecule has 2 aliphatic heterocycles. The molecule has 1 N–H and O–H groups in total. The minimum atomic E-state index is -0.314. The van der Waals surface area contributed by atoms with Crippen LogP contribution in [0, 0.1) is 12.7 Å². The van der Waals surface area contributed by atoms with Crippen LogP contribution in [0.25, 0.3) is 0 Å². The summed E-state index contributed by atoms with van der Waals surface area (Å²) in [6.45, 7) is 4.23. The van der Waals surface area contributed by atoms with Crippen LogP contribution >= 0.6 is 0 Å². The lowest BCUT2D eigenvalue weighted by atomic mass is 9.86. The number of carbonyl (C=O) groups is 1. The summed E-state index contributed by atoms with van der Waals surface area (Å²) in [5.41, 5.74) is 0.870. The van der Waals surface area contributed by atoms with Crippen molar-refractivity contribution in [1.29, 1.82) is 0 Å². The van der Waals surface area contributed by atoms with Crippen molar-refractivity contribution in [3.63, 3.8) is 0 Å². The third kappa shape index (κ3) is 3.61. The van der Waals surface area contributed by atoms with E-state index in [9.17, 15) is 9.18 Å². The molecule has 1 spiro atoms. The molecule has 3 rings (SSSR count). The highest BCUT2D eigenvalue weighted by Crippen LogP contribution is 2.37. The van der Waals surface area contributed by atoms with E-state index in [1.54, 1.807) is 26.2 Å². The Morgan fingerprint density at radius 1 is 1.50 bits per heavy atom. The number of amides is 1.